The van der Waals surface area contributed by atoms with E-state index >= 15 is 4.39 Å². The van der Waals surface area contributed by atoms with Gasteiger partial charge >= 0.3 is 30.9 Å². The SMILES string of the molecule is O=C(O)CCCCCc1ccc(C[C@](NC(=O)c2ccc(F)c(C(F)(F)F)c2)(c2cc(F)cc(OC(F)(F)C(F)F)c2)c2ccc(F)c(C(F)(F)F)c2)cc1. The number of aryl methyl sites for hydroxylation is 1. The zero-order valence-corrected chi connectivity index (χ0v) is 27.9. The van der Waals surface area contributed by atoms with Gasteiger partial charge in [0.1, 0.15) is 23.2 Å². The van der Waals surface area contributed by atoms with Crippen molar-refractivity contribution in [1.82, 2.24) is 5.32 Å². The molecule has 0 unspecified atom stereocenters. The summed E-state index contributed by atoms with van der Waals surface area (Å²) in [5.74, 6) is -9.03. The number of rotatable bonds is 15. The first-order chi connectivity index (χ1) is 25.5. The molecule has 1 amide bonds. The monoisotopic (exact) mass is 797 g/mol. The molecule has 0 aliphatic rings. The Kier molecular flexibility index (Phi) is 12.8. The number of benzene rings is 4. The van der Waals surface area contributed by atoms with E-state index in [0.717, 1.165) is 0 Å². The van der Waals surface area contributed by atoms with Crippen LogP contribution in [0.5, 0.6) is 5.75 Å². The fourth-order valence-corrected chi connectivity index (χ4v) is 5.70. The van der Waals surface area contributed by atoms with Crippen LogP contribution < -0.4 is 10.1 Å². The summed E-state index contributed by atoms with van der Waals surface area (Å²) in [6, 6.07) is 9.01. The predicted octanol–water partition coefficient (Wildman–Crippen LogP) is 10.5. The Hall–Kier alpha value is -5.29. The van der Waals surface area contributed by atoms with Crippen LogP contribution in [0.2, 0.25) is 0 Å². The van der Waals surface area contributed by atoms with Crippen LogP contribution >= 0.6 is 0 Å². The summed E-state index contributed by atoms with van der Waals surface area (Å²) >= 11 is 0. The highest BCUT2D eigenvalue weighted by molar-refractivity contribution is 5.95. The smallest absolute Gasteiger partial charge is 0.461 e. The van der Waals surface area contributed by atoms with Gasteiger partial charge in [-0.15, -0.1) is 0 Å². The second-order valence-electron chi connectivity index (χ2n) is 12.3. The number of carbonyl (C=O) groups excluding carboxylic acids is 1. The lowest BCUT2D eigenvalue weighted by Gasteiger charge is -2.37. The molecule has 2 N–H and O–H groups in total. The number of ether oxygens (including phenoxy) is 1. The maximum absolute atomic E-state index is 15.2. The number of carbonyl (C=O) groups is 2. The lowest BCUT2D eigenvalue weighted by atomic mass is 9.76. The Morgan fingerprint density at radius 1 is 0.673 bits per heavy atom. The maximum atomic E-state index is 15.2. The molecule has 4 aromatic carbocycles. The Balaban J connectivity index is 1.96. The Labute approximate surface area is 303 Å². The second-order valence-corrected chi connectivity index (χ2v) is 12.3. The molecule has 18 heteroatoms. The minimum Gasteiger partial charge on any atom is -0.481 e. The molecule has 0 spiro atoms. The molecular formula is C37H28F13NO4. The van der Waals surface area contributed by atoms with Gasteiger partial charge in [0, 0.05) is 24.5 Å². The summed E-state index contributed by atoms with van der Waals surface area (Å²) in [6.45, 7) is 0. The van der Waals surface area contributed by atoms with Crippen molar-refractivity contribution in [2.24, 2.45) is 0 Å². The number of nitrogens with one attached hydrogen (secondary N) is 1. The van der Waals surface area contributed by atoms with Crippen molar-refractivity contribution in [3.8, 4) is 5.75 Å². The maximum Gasteiger partial charge on any atom is 0.461 e. The van der Waals surface area contributed by atoms with Gasteiger partial charge in [-0.1, -0.05) is 36.8 Å². The zero-order chi connectivity index (χ0) is 40.9. The molecule has 1 atom stereocenters. The lowest BCUT2D eigenvalue weighted by Crippen LogP contribution is -2.49. The number of carboxylic acids is 1. The summed E-state index contributed by atoms with van der Waals surface area (Å²) < 4.78 is 185. The molecule has 0 saturated heterocycles. The minimum absolute atomic E-state index is 0.0613. The number of carboxylic acid groups (broad SMARTS) is 1. The number of aliphatic carboxylic acids is 1. The molecule has 4 rings (SSSR count). The van der Waals surface area contributed by atoms with E-state index in [0.29, 0.717) is 61.6 Å². The largest absolute Gasteiger partial charge is 0.481 e. The Bertz CT molecular complexity index is 2000. The number of amides is 1. The molecule has 55 heavy (non-hydrogen) atoms. The summed E-state index contributed by atoms with van der Waals surface area (Å²) in [4.78, 5) is 24.6. The van der Waals surface area contributed by atoms with E-state index in [1.54, 1.807) is 0 Å². The highest BCUT2D eigenvalue weighted by atomic mass is 19.4. The van der Waals surface area contributed by atoms with Gasteiger partial charge in [-0.3, -0.25) is 9.59 Å². The first-order valence-corrected chi connectivity index (χ1v) is 16.0. The fourth-order valence-electron chi connectivity index (χ4n) is 5.70. The summed E-state index contributed by atoms with van der Waals surface area (Å²) in [5.41, 5.74) is -8.26. The average molecular weight is 798 g/mol. The first-order valence-electron chi connectivity index (χ1n) is 16.0. The fraction of sp³-hybridized carbons (Fsp3) is 0.297. The molecule has 0 fully saturated rings. The molecule has 4 aromatic rings. The molecule has 0 heterocycles. The van der Waals surface area contributed by atoms with Crippen molar-refractivity contribution >= 4 is 11.9 Å². The molecule has 0 saturated carbocycles. The van der Waals surface area contributed by atoms with Gasteiger partial charge in [-0.25, -0.2) is 13.2 Å². The van der Waals surface area contributed by atoms with Gasteiger partial charge < -0.3 is 15.2 Å². The molecule has 5 nitrogen and oxygen atoms in total. The minimum atomic E-state index is -5.42. The van der Waals surface area contributed by atoms with E-state index in [1.807, 2.05) is 0 Å². The number of halogens is 13. The first kappa shape index (κ1) is 42.5. The van der Waals surface area contributed by atoms with Crippen molar-refractivity contribution < 1.29 is 76.5 Å². The summed E-state index contributed by atoms with van der Waals surface area (Å²) in [7, 11) is 0. The van der Waals surface area contributed by atoms with Crippen LogP contribution in [-0.2, 0) is 35.5 Å². The average Bonchev–Trinajstić information content (AvgIpc) is 3.07. The Morgan fingerprint density at radius 3 is 1.84 bits per heavy atom. The number of unbranched alkanes of at least 4 members (excludes halogenated alkanes) is 2. The van der Waals surface area contributed by atoms with Gasteiger partial charge in [0.05, 0.1) is 16.7 Å². The van der Waals surface area contributed by atoms with Gasteiger partial charge in [0.15, 0.2) is 0 Å². The van der Waals surface area contributed by atoms with Crippen LogP contribution in [0.4, 0.5) is 57.1 Å². The molecular weight excluding hydrogens is 769 g/mol. The standard InChI is InChI=1S/C37H28F13NO4/c38-25-15-24(16-26(18-25)55-37(49,50)33(41)42)34(23-11-13-30(40)28(17-23)36(46,47)48,51-32(54)22-10-12-29(39)27(14-22)35(43,44)45)19-21-8-6-20(7-9-21)4-2-1-3-5-31(52)53/h6-18,33H,1-5,19H2,(H,51,54)(H,52,53)/t34-/m1/s1. The molecule has 0 radical (unpaired) electrons. The van der Waals surface area contributed by atoms with Crippen molar-refractivity contribution in [2.75, 3.05) is 0 Å². The van der Waals surface area contributed by atoms with Crippen molar-refractivity contribution in [1.29, 1.82) is 0 Å². The Morgan fingerprint density at radius 2 is 1.25 bits per heavy atom. The highest BCUT2D eigenvalue weighted by Crippen LogP contribution is 2.41. The van der Waals surface area contributed by atoms with E-state index in [1.165, 1.54) is 24.3 Å². The van der Waals surface area contributed by atoms with Gasteiger partial charge in [-0.2, -0.15) is 43.9 Å². The third kappa shape index (κ3) is 10.7. The van der Waals surface area contributed by atoms with Gasteiger partial charge in [0.25, 0.3) is 5.91 Å². The molecule has 0 aliphatic heterocycles. The molecule has 0 aliphatic carbocycles. The lowest BCUT2D eigenvalue weighted by molar-refractivity contribution is -0.253. The third-order valence-corrected chi connectivity index (χ3v) is 8.35. The van der Waals surface area contributed by atoms with E-state index in [9.17, 15) is 62.3 Å². The number of alkyl halides is 10. The van der Waals surface area contributed by atoms with E-state index in [4.69, 9.17) is 5.11 Å². The van der Waals surface area contributed by atoms with Crippen LogP contribution in [0.3, 0.4) is 0 Å². The summed E-state index contributed by atoms with van der Waals surface area (Å²) in [5, 5.41) is 11.0. The number of hydrogen-bond acceptors (Lipinski definition) is 3. The molecule has 296 valence electrons. The van der Waals surface area contributed by atoms with Crippen LogP contribution in [0.1, 0.15) is 69.4 Å². The van der Waals surface area contributed by atoms with E-state index in [-0.39, 0.29) is 36.2 Å². The van der Waals surface area contributed by atoms with Gasteiger partial charge in [-0.05, 0) is 84.0 Å². The van der Waals surface area contributed by atoms with Gasteiger partial charge in [0.2, 0.25) is 0 Å². The van der Waals surface area contributed by atoms with Crippen molar-refractivity contribution in [3.05, 3.63) is 135 Å². The molecule has 0 aromatic heterocycles. The molecule has 0 bridgehead atoms. The van der Waals surface area contributed by atoms with Crippen LogP contribution in [-0.4, -0.2) is 29.5 Å². The zero-order valence-electron chi connectivity index (χ0n) is 27.9. The van der Waals surface area contributed by atoms with E-state index < -0.39 is 99.7 Å². The van der Waals surface area contributed by atoms with Crippen molar-refractivity contribution in [2.45, 2.75) is 69.0 Å². The van der Waals surface area contributed by atoms with Crippen LogP contribution in [0.25, 0.3) is 0 Å². The normalized spacial score (nSPS) is 13.4. The van der Waals surface area contributed by atoms with Crippen LogP contribution in [0, 0.1) is 17.5 Å². The van der Waals surface area contributed by atoms with Crippen molar-refractivity contribution in [3.63, 3.8) is 0 Å². The quantitative estimate of drug-likeness (QED) is 0.0928. The number of hydrogen-bond donors (Lipinski definition) is 2. The van der Waals surface area contributed by atoms with Crippen LogP contribution in [0.15, 0.2) is 78.9 Å². The third-order valence-electron chi connectivity index (χ3n) is 8.35. The van der Waals surface area contributed by atoms with E-state index in [2.05, 4.69) is 10.1 Å². The summed E-state index contributed by atoms with van der Waals surface area (Å²) in [6.07, 6.45) is -19.4. The highest BCUT2D eigenvalue weighted by Gasteiger charge is 2.46. The second kappa shape index (κ2) is 16.6. The topological polar surface area (TPSA) is 75.6 Å². The predicted molar refractivity (Wildman–Crippen MR) is 169 cm³/mol.